The van der Waals surface area contributed by atoms with Crippen LogP contribution in [0.1, 0.15) is 55.3 Å². The minimum atomic E-state index is -0.0130. The van der Waals surface area contributed by atoms with E-state index in [-0.39, 0.29) is 17.9 Å². The van der Waals surface area contributed by atoms with Crippen LogP contribution < -0.4 is 5.32 Å². The molecule has 5 heteroatoms. The van der Waals surface area contributed by atoms with E-state index in [9.17, 15) is 9.59 Å². The molecular weight excluding hydrogens is 320 g/mol. The summed E-state index contributed by atoms with van der Waals surface area (Å²) in [5, 5.41) is 3.21. The molecule has 1 aromatic rings. The Balaban J connectivity index is 1.99. The molecule has 1 aliphatic carbocycles. The Labute approximate surface area is 149 Å². The predicted molar refractivity (Wildman–Crippen MR) is 99.4 cm³/mol. The standard InChI is InChI=1S/C19H28N2O2S/c1-21(2)18(22)14-24-17-13-9-8-12-16(17)19(23)20-15-10-6-4-3-5-7-11-15/h8-9,12-13,15H,3-7,10-11,14H2,1-2H3,(H,20,23). The average molecular weight is 349 g/mol. The number of carbonyl (C=O) groups is 2. The SMILES string of the molecule is CN(C)C(=O)CSc1ccccc1C(=O)NC1CCCCCCC1. The molecule has 0 saturated heterocycles. The summed E-state index contributed by atoms with van der Waals surface area (Å²) in [6.45, 7) is 0. The van der Waals surface area contributed by atoms with Crippen molar-refractivity contribution in [2.45, 2.75) is 55.9 Å². The van der Waals surface area contributed by atoms with E-state index in [1.54, 1.807) is 19.0 Å². The summed E-state index contributed by atoms with van der Waals surface area (Å²) in [6, 6.07) is 7.83. The second-order valence-electron chi connectivity index (χ2n) is 6.59. The molecule has 0 radical (unpaired) electrons. The molecule has 1 fully saturated rings. The van der Waals surface area contributed by atoms with Crippen molar-refractivity contribution < 1.29 is 9.59 Å². The van der Waals surface area contributed by atoms with Crippen LogP contribution in [-0.2, 0) is 4.79 Å². The van der Waals surface area contributed by atoms with Gasteiger partial charge in [-0.15, -0.1) is 11.8 Å². The third kappa shape index (κ3) is 5.86. The number of benzene rings is 1. The molecule has 0 heterocycles. The van der Waals surface area contributed by atoms with Crippen LogP contribution in [0.4, 0.5) is 0 Å². The first kappa shape index (κ1) is 18.8. The number of hydrogen-bond acceptors (Lipinski definition) is 3. The molecule has 0 atom stereocenters. The van der Waals surface area contributed by atoms with E-state index >= 15 is 0 Å². The van der Waals surface area contributed by atoms with Crippen molar-refractivity contribution in [3.05, 3.63) is 29.8 Å². The molecule has 0 unspecified atom stereocenters. The second-order valence-corrected chi connectivity index (χ2v) is 7.61. The summed E-state index contributed by atoms with van der Waals surface area (Å²) < 4.78 is 0. The molecule has 1 saturated carbocycles. The van der Waals surface area contributed by atoms with Crippen LogP contribution in [0.5, 0.6) is 0 Å². The molecule has 1 N–H and O–H groups in total. The molecule has 1 aliphatic rings. The van der Waals surface area contributed by atoms with E-state index in [2.05, 4.69) is 5.32 Å². The van der Waals surface area contributed by atoms with Crippen LogP contribution >= 0.6 is 11.8 Å². The van der Waals surface area contributed by atoms with Crippen LogP contribution in [0.15, 0.2) is 29.2 Å². The van der Waals surface area contributed by atoms with Crippen molar-refractivity contribution in [3.8, 4) is 0 Å². The van der Waals surface area contributed by atoms with E-state index in [0.717, 1.165) is 17.7 Å². The zero-order chi connectivity index (χ0) is 17.4. The highest BCUT2D eigenvalue weighted by molar-refractivity contribution is 8.00. The lowest BCUT2D eigenvalue weighted by Gasteiger charge is -2.21. The average Bonchev–Trinajstić information content (AvgIpc) is 2.55. The minimum absolute atomic E-state index is 0.0130. The van der Waals surface area contributed by atoms with Gasteiger partial charge in [-0.25, -0.2) is 0 Å². The number of nitrogens with one attached hydrogen (secondary N) is 1. The fraction of sp³-hybridized carbons (Fsp3) is 0.579. The summed E-state index contributed by atoms with van der Waals surface area (Å²) in [5.41, 5.74) is 0.677. The fourth-order valence-electron chi connectivity index (χ4n) is 2.91. The van der Waals surface area contributed by atoms with Crippen LogP contribution in [0.3, 0.4) is 0 Å². The Bertz CT molecular complexity index is 552. The lowest BCUT2D eigenvalue weighted by Crippen LogP contribution is -2.35. The number of hydrogen-bond donors (Lipinski definition) is 1. The Morgan fingerprint density at radius 1 is 1.08 bits per heavy atom. The van der Waals surface area contributed by atoms with Gasteiger partial charge in [0.25, 0.3) is 5.91 Å². The van der Waals surface area contributed by atoms with Crippen molar-refractivity contribution in [1.29, 1.82) is 0 Å². The molecule has 0 bridgehead atoms. The van der Waals surface area contributed by atoms with Crippen molar-refractivity contribution in [1.82, 2.24) is 10.2 Å². The smallest absolute Gasteiger partial charge is 0.252 e. The minimum Gasteiger partial charge on any atom is -0.349 e. The Kier molecular flexibility index (Phi) is 7.63. The predicted octanol–water partition coefficient (Wildman–Crippen LogP) is 3.71. The summed E-state index contributed by atoms with van der Waals surface area (Å²) in [6.07, 6.45) is 8.38. The van der Waals surface area contributed by atoms with E-state index in [0.29, 0.717) is 11.3 Å². The highest BCUT2D eigenvalue weighted by Gasteiger charge is 2.18. The first-order valence-corrected chi connectivity index (χ1v) is 9.79. The maximum atomic E-state index is 12.7. The molecule has 4 nitrogen and oxygen atoms in total. The summed E-state index contributed by atoms with van der Waals surface area (Å²) in [4.78, 5) is 26.9. The van der Waals surface area contributed by atoms with Gasteiger partial charge in [-0.1, -0.05) is 44.2 Å². The van der Waals surface area contributed by atoms with Gasteiger partial charge in [0.15, 0.2) is 0 Å². The molecule has 1 aromatic carbocycles. The molecule has 0 aromatic heterocycles. The molecular formula is C19H28N2O2S. The molecule has 0 aliphatic heterocycles. The zero-order valence-corrected chi connectivity index (χ0v) is 15.5. The molecule has 0 spiro atoms. The quantitative estimate of drug-likeness (QED) is 0.825. The maximum Gasteiger partial charge on any atom is 0.252 e. The Morgan fingerprint density at radius 2 is 1.71 bits per heavy atom. The van der Waals surface area contributed by atoms with Gasteiger partial charge in [0, 0.05) is 25.0 Å². The highest BCUT2D eigenvalue weighted by atomic mass is 32.2. The van der Waals surface area contributed by atoms with E-state index in [1.165, 1.54) is 43.9 Å². The van der Waals surface area contributed by atoms with E-state index in [4.69, 9.17) is 0 Å². The Hall–Kier alpha value is -1.49. The molecule has 132 valence electrons. The normalized spacial score (nSPS) is 16.1. The number of amides is 2. The van der Waals surface area contributed by atoms with Gasteiger partial charge in [-0.3, -0.25) is 9.59 Å². The first-order valence-electron chi connectivity index (χ1n) is 8.81. The molecule has 2 rings (SSSR count). The van der Waals surface area contributed by atoms with Crippen molar-refractivity contribution in [2.24, 2.45) is 0 Å². The molecule has 24 heavy (non-hydrogen) atoms. The van der Waals surface area contributed by atoms with Crippen molar-refractivity contribution in [2.75, 3.05) is 19.8 Å². The first-order chi connectivity index (χ1) is 11.6. The number of thioether (sulfide) groups is 1. The van der Waals surface area contributed by atoms with Gasteiger partial charge in [0.2, 0.25) is 5.91 Å². The number of carbonyl (C=O) groups excluding carboxylic acids is 2. The number of nitrogens with zero attached hydrogens (tertiary/aromatic N) is 1. The van der Waals surface area contributed by atoms with Gasteiger partial charge >= 0.3 is 0 Å². The lowest BCUT2D eigenvalue weighted by atomic mass is 9.96. The van der Waals surface area contributed by atoms with Crippen LogP contribution in [0, 0.1) is 0 Å². The van der Waals surface area contributed by atoms with Gasteiger partial charge in [-0.2, -0.15) is 0 Å². The fourth-order valence-corrected chi connectivity index (χ4v) is 3.94. The van der Waals surface area contributed by atoms with E-state index < -0.39 is 0 Å². The monoisotopic (exact) mass is 348 g/mol. The number of rotatable bonds is 5. The summed E-state index contributed by atoms with van der Waals surface area (Å²) in [7, 11) is 3.49. The van der Waals surface area contributed by atoms with Gasteiger partial charge in [-0.05, 0) is 25.0 Å². The molecule has 2 amide bonds. The van der Waals surface area contributed by atoms with Crippen molar-refractivity contribution in [3.63, 3.8) is 0 Å². The van der Waals surface area contributed by atoms with Crippen LogP contribution in [0.2, 0.25) is 0 Å². The topological polar surface area (TPSA) is 49.4 Å². The lowest BCUT2D eigenvalue weighted by molar-refractivity contribution is -0.125. The van der Waals surface area contributed by atoms with Crippen molar-refractivity contribution >= 4 is 23.6 Å². The second kappa shape index (κ2) is 9.72. The summed E-state index contributed by atoms with van der Waals surface area (Å²) in [5.74, 6) is 0.386. The van der Waals surface area contributed by atoms with Gasteiger partial charge < -0.3 is 10.2 Å². The zero-order valence-electron chi connectivity index (χ0n) is 14.7. The Morgan fingerprint density at radius 3 is 2.38 bits per heavy atom. The van der Waals surface area contributed by atoms with Crippen LogP contribution in [-0.4, -0.2) is 42.6 Å². The largest absolute Gasteiger partial charge is 0.349 e. The van der Waals surface area contributed by atoms with Gasteiger partial charge in [0.05, 0.1) is 11.3 Å². The maximum absolute atomic E-state index is 12.7. The third-order valence-electron chi connectivity index (χ3n) is 4.42. The van der Waals surface area contributed by atoms with E-state index in [1.807, 2.05) is 24.3 Å². The highest BCUT2D eigenvalue weighted by Crippen LogP contribution is 2.24. The van der Waals surface area contributed by atoms with Gasteiger partial charge in [0.1, 0.15) is 0 Å². The summed E-state index contributed by atoms with van der Waals surface area (Å²) >= 11 is 1.43. The third-order valence-corrected chi connectivity index (χ3v) is 5.48. The van der Waals surface area contributed by atoms with Crippen LogP contribution in [0.25, 0.3) is 0 Å².